The molecule has 0 aromatic carbocycles. The lowest BCUT2D eigenvalue weighted by Crippen LogP contribution is -2.58. The molecule has 0 saturated carbocycles. The maximum absolute atomic E-state index is 13.4. The summed E-state index contributed by atoms with van der Waals surface area (Å²) in [5.74, 6) is -3.00. The van der Waals surface area contributed by atoms with E-state index in [1.807, 2.05) is 0 Å². The van der Waals surface area contributed by atoms with Crippen molar-refractivity contribution in [3.8, 4) is 0 Å². The molecule has 0 aromatic heterocycles. The van der Waals surface area contributed by atoms with Crippen molar-refractivity contribution >= 4 is 35.5 Å². The molecular formula is C54H103NO7S. The second-order valence-electron chi connectivity index (χ2n) is 19.2. The molecule has 0 fully saturated rings. The summed E-state index contributed by atoms with van der Waals surface area (Å²) in [7, 11) is 0. The summed E-state index contributed by atoms with van der Waals surface area (Å²) >= 11 is 0.982. The first-order chi connectivity index (χ1) is 30.5. The van der Waals surface area contributed by atoms with E-state index in [1.54, 1.807) is 6.92 Å². The zero-order valence-corrected chi connectivity index (χ0v) is 42.8. The first kappa shape index (κ1) is 61.4. The molecule has 9 heteroatoms. The van der Waals surface area contributed by atoms with E-state index >= 15 is 0 Å². The highest BCUT2D eigenvalue weighted by molar-refractivity contribution is 8.00. The lowest BCUT2D eigenvalue weighted by Gasteiger charge is -2.32. The Morgan fingerprint density at radius 3 is 1.00 bits per heavy atom. The van der Waals surface area contributed by atoms with E-state index in [4.69, 9.17) is 15.2 Å². The Morgan fingerprint density at radius 2 is 0.698 bits per heavy atom. The Hall–Kier alpha value is -1.61. The molecule has 0 bridgehead atoms. The zero-order valence-electron chi connectivity index (χ0n) is 42.0. The van der Waals surface area contributed by atoms with Gasteiger partial charge < -0.3 is 20.3 Å². The smallest absolute Gasteiger partial charge is 0.332 e. The standard InChI is InChI=1S/C54H103NO7S/c1-5-8-11-14-17-20-23-26-29-32-35-38-41-44-49(56)54(55,52(59)60)48-63-53(4,62-51(58)46-43-40-37-34-31-28-25-22-19-16-13-10-7-3)47-61-50(57)45-42-39-36-33-30-27-24-21-18-15-12-9-6-2/h5-48,55H2,1-4H3,(H,59,60)/t53?,54-/m1/s1. The number of Topliss-reactive ketones (excluding diaryl/α,β-unsaturated/α-hetero) is 1. The Balaban J connectivity index is 4.90. The number of carbonyl (C=O) groups excluding carboxylic acids is 3. The van der Waals surface area contributed by atoms with E-state index in [9.17, 15) is 24.3 Å². The number of ether oxygens (including phenoxy) is 2. The molecule has 0 heterocycles. The topological polar surface area (TPSA) is 133 Å². The van der Waals surface area contributed by atoms with Gasteiger partial charge >= 0.3 is 17.9 Å². The molecule has 1 unspecified atom stereocenters. The molecule has 0 saturated heterocycles. The van der Waals surface area contributed by atoms with Crippen molar-refractivity contribution in [3.05, 3.63) is 0 Å². The highest BCUT2D eigenvalue weighted by Gasteiger charge is 2.44. The normalized spacial score (nSPS) is 13.4. The van der Waals surface area contributed by atoms with Crippen molar-refractivity contribution in [2.75, 3.05) is 12.4 Å². The van der Waals surface area contributed by atoms with Crippen LogP contribution in [0.1, 0.15) is 297 Å². The summed E-state index contributed by atoms with van der Waals surface area (Å²) < 4.78 is 11.6. The third kappa shape index (κ3) is 38.2. The fourth-order valence-electron chi connectivity index (χ4n) is 8.30. The van der Waals surface area contributed by atoms with Crippen LogP contribution in [0.5, 0.6) is 0 Å². The molecule has 0 aliphatic heterocycles. The van der Waals surface area contributed by atoms with Crippen LogP contribution in [0.25, 0.3) is 0 Å². The molecule has 63 heavy (non-hydrogen) atoms. The van der Waals surface area contributed by atoms with Gasteiger partial charge in [-0.3, -0.25) is 14.4 Å². The van der Waals surface area contributed by atoms with Crippen LogP contribution in [0.15, 0.2) is 0 Å². The fraction of sp³-hybridized carbons (Fsp3) is 0.926. The monoisotopic (exact) mass is 910 g/mol. The number of carboxylic acids is 1. The minimum absolute atomic E-state index is 0.0881. The molecule has 0 radical (unpaired) electrons. The van der Waals surface area contributed by atoms with Gasteiger partial charge in [-0.25, -0.2) is 4.79 Å². The van der Waals surface area contributed by atoms with Crippen molar-refractivity contribution in [1.29, 1.82) is 0 Å². The molecular weight excluding hydrogens is 807 g/mol. The van der Waals surface area contributed by atoms with Crippen LogP contribution < -0.4 is 5.73 Å². The molecule has 3 N–H and O–H groups in total. The first-order valence-electron chi connectivity index (χ1n) is 27.1. The molecule has 372 valence electrons. The predicted molar refractivity (Wildman–Crippen MR) is 268 cm³/mol. The minimum Gasteiger partial charge on any atom is -0.480 e. The van der Waals surface area contributed by atoms with Crippen LogP contribution in [0.4, 0.5) is 0 Å². The number of thioether (sulfide) groups is 1. The first-order valence-corrected chi connectivity index (χ1v) is 28.1. The van der Waals surface area contributed by atoms with Crippen LogP contribution >= 0.6 is 11.8 Å². The zero-order chi connectivity index (χ0) is 46.5. The van der Waals surface area contributed by atoms with Crippen molar-refractivity contribution in [3.63, 3.8) is 0 Å². The number of hydrogen-bond donors (Lipinski definition) is 2. The van der Waals surface area contributed by atoms with Crippen LogP contribution in [-0.2, 0) is 28.7 Å². The van der Waals surface area contributed by atoms with Gasteiger partial charge in [-0.1, -0.05) is 252 Å². The molecule has 0 aliphatic carbocycles. The maximum Gasteiger partial charge on any atom is 0.332 e. The van der Waals surface area contributed by atoms with Gasteiger partial charge in [-0.2, -0.15) is 0 Å². The number of nitrogens with two attached hydrogens (primary N) is 1. The summed E-state index contributed by atoms with van der Waals surface area (Å²) in [4.78, 5) is 50.5. The van der Waals surface area contributed by atoms with Gasteiger partial charge in [-0.05, 0) is 26.2 Å². The number of aliphatic carboxylic acids is 1. The van der Waals surface area contributed by atoms with E-state index < -0.39 is 28.2 Å². The van der Waals surface area contributed by atoms with Gasteiger partial charge in [0.15, 0.2) is 16.3 Å². The lowest BCUT2D eigenvalue weighted by molar-refractivity contribution is -0.161. The number of hydrogen-bond acceptors (Lipinski definition) is 8. The van der Waals surface area contributed by atoms with Gasteiger partial charge in [0.1, 0.15) is 6.61 Å². The molecule has 0 spiro atoms. The fourth-order valence-corrected chi connectivity index (χ4v) is 9.42. The molecule has 0 aromatic rings. The van der Waals surface area contributed by atoms with Gasteiger partial charge in [0.05, 0.1) is 0 Å². The Kier molecular flexibility index (Phi) is 43.1. The Bertz CT molecular complexity index is 1090. The summed E-state index contributed by atoms with van der Waals surface area (Å²) in [6, 6.07) is 0. The molecule has 0 rings (SSSR count). The van der Waals surface area contributed by atoms with Crippen LogP contribution in [-0.4, -0.2) is 51.6 Å². The Morgan fingerprint density at radius 1 is 0.429 bits per heavy atom. The molecule has 8 nitrogen and oxygen atoms in total. The van der Waals surface area contributed by atoms with E-state index in [1.165, 1.54) is 180 Å². The quantitative estimate of drug-likeness (QED) is 0.0265. The van der Waals surface area contributed by atoms with E-state index in [-0.39, 0.29) is 37.6 Å². The second-order valence-corrected chi connectivity index (χ2v) is 20.7. The van der Waals surface area contributed by atoms with Crippen molar-refractivity contribution in [1.82, 2.24) is 0 Å². The summed E-state index contributed by atoms with van der Waals surface area (Å²) in [6.45, 7) is 8.15. The third-order valence-electron chi connectivity index (χ3n) is 12.8. The van der Waals surface area contributed by atoms with Crippen LogP contribution in [0, 0.1) is 0 Å². The van der Waals surface area contributed by atoms with Gasteiger partial charge in [-0.15, -0.1) is 11.8 Å². The van der Waals surface area contributed by atoms with E-state index in [0.717, 1.165) is 69.5 Å². The van der Waals surface area contributed by atoms with E-state index in [2.05, 4.69) is 20.8 Å². The SMILES string of the molecule is CCCCCCCCCCCCCCCC(=O)OCC(C)(OC(=O)CCCCCCCCCCCCCCC)SC[C@](N)(C(=O)O)C(=O)CCCCCCCCCCCCCCC. The van der Waals surface area contributed by atoms with Crippen molar-refractivity contribution < 1.29 is 33.8 Å². The molecule has 0 aliphatic rings. The number of carbonyl (C=O) groups is 4. The van der Waals surface area contributed by atoms with Gasteiger partial charge in [0.2, 0.25) is 0 Å². The second kappa shape index (κ2) is 44.2. The minimum atomic E-state index is -2.14. The summed E-state index contributed by atoms with van der Waals surface area (Å²) in [6.07, 6.45) is 47.3. The van der Waals surface area contributed by atoms with Crippen LogP contribution in [0.2, 0.25) is 0 Å². The van der Waals surface area contributed by atoms with Crippen molar-refractivity contribution in [2.24, 2.45) is 5.73 Å². The van der Waals surface area contributed by atoms with Crippen LogP contribution in [0.3, 0.4) is 0 Å². The predicted octanol–water partition coefficient (Wildman–Crippen LogP) is 16.3. The maximum atomic E-state index is 13.4. The highest BCUT2D eigenvalue weighted by Crippen LogP contribution is 2.32. The number of ketones is 1. The number of carboxylic acid groups (broad SMARTS) is 1. The van der Waals surface area contributed by atoms with Gasteiger partial charge in [0, 0.05) is 25.0 Å². The molecule has 2 atom stereocenters. The number of unbranched alkanes of at least 4 members (excludes halogenated alkanes) is 36. The summed E-state index contributed by atoms with van der Waals surface area (Å²) in [5, 5.41) is 10.2. The van der Waals surface area contributed by atoms with Crippen molar-refractivity contribution in [2.45, 2.75) is 308 Å². The largest absolute Gasteiger partial charge is 0.480 e. The average molecular weight is 910 g/mol. The lowest BCUT2D eigenvalue weighted by atomic mass is 9.93. The highest BCUT2D eigenvalue weighted by atomic mass is 32.2. The average Bonchev–Trinajstić information content (AvgIpc) is 3.26. The molecule has 0 amide bonds. The summed E-state index contributed by atoms with van der Waals surface area (Å²) in [5.41, 5.74) is 4.22. The Labute approximate surface area is 393 Å². The van der Waals surface area contributed by atoms with E-state index in [0.29, 0.717) is 12.8 Å². The van der Waals surface area contributed by atoms with Gasteiger partial charge in [0.25, 0.3) is 0 Å². The number of rotatable bonds is 50. The number of esters is 2. The third-order valence-corrected chi connectivity index (χ3v) is 14.2.